The van der Waals surface area contributed by atoms with Gasteiger partial charge in [-0.15, -0.1) is 0 Å². The van der Waals surface area contributed by atoms with E-state index in [0.717, 1.165) is 51.3 Å². The lowest BCUT2D eigenvalue weighted by atomic mass is 10.1. The van der Waals surface area contributed by atoms with Gasteiger partial charge in [0.2, 0.25) is 5.95 Å². The van der Waals surface area contributed by atoms with Crippen molar-refractivity contribution in [3.8, 4) is 0 Å². The van der Waals surface area contributed by atoms with Gasteiger partial charge in [0.15, 0.2) is 5.76 Å². The number of nitrogens with one attached hydrogen (secondary N) is 1. The zero-order valence-corrected chi connectivity index (χ0v) is 16.4. The second-order valence-electron chi connectivity index (χ2n) is 7.25. The lowest BCUT2D eigenvalue weighted by molar-refractivity contribution is 0.0996. The van der Waals surface area contributed by atoms with Crippen molar-refractivity contribution in [1.29, 1.82) is 0 Å². The molecule has 0 aliphatic heterocycles. The van der Waals surface area contributed by atoms with Gasteiger partial charge in [-0.1, -0.05) is 55.5 Å². The number of furan rings is 1. The number of amides is 1. The summed E-state index contributed by atoms with van der Waals surface area (Å²) in [4.78, 5) is 17.7. The Morgan fingerprint density at radius 3 is 2.69 bits per heavy atom. The summed E-state index contributed by atoms with van der Waals surface area (Å²) in [6, 6.07) is 20.0. The predicted octanol–water partition coefficient (Wildman–Crippen LogP) is 5.91. The summed E-state index contributed by atoms with van der Waals surface area (Å²) in [7, 11) is 0. The molecular formula is C24H21N3O2. The molecule has 5 heteroatoms. The van der Waals surface area contributed by atoms with Crippen LogP contribution in [0.3, 0.4) is 0 Å². The SMILES string of the molecule is CCCn1c(NC(=O)c2oc3c(ccc4ccccc43)c2C)nc2ccccc21. The van der Waals surface area contributed by atoms with E-state index < -0.39 is 0 Å². The van der Waals surface area contributed by atoms with Crippen LogP contribution in [0.15, 0.2) is 65.1 Å². The number of aryl methyl sites for hydroxylation is 2. The standard InChI is InChI=1S/C24H21N3O2/c1-3-14-27-20-11-7-6-10-19(20)25-24(27)26-23(28)21-15(2)17-13-12-16-8-4-5-9-18(16)22(17)29-21/h4-13H,3,14H2,1-2H3,(H,25,26,28). The van der Waals surface area contributed by atoms with Crippen molar-refractivity contribution in [2.45, 2.75) is 26.8 Å². The number of para-hydroxylation sites is 2. The summed E-state index contributed by atoms with van der Waals surface area (Å²) in [5.74, 6) is 0.588. The van der Waals surface area contributed by atoms with E-state index in [1.54, 1.807) is 0 Å². The van der Waals surface area contributed by atoms with E-state index in [9.17, 15) is 4.79 Å². The highest BCUT2D eigenvalue weighted by Gasteiger charge is 2.21. The Morgan fingerprint density at radius 1 is 1.03 bits per heavy atom. The maximum Gasteiger partial charge on any atom is 0.294 e. The van der Waals surface area contributed by atoms with Gasteiger partial charge in [-0.3, -0.25) is 10.1 Å². The number of hydrogen-bond donors (Lipinski definition) is 1. The number of imidazole rings is 1. The fraction of sp³-hybridized carbons (Fsp3) is 0.167. The van der Waals surface area contributed by atoms with Crippen LogP contribution < -0.4 is 5.32 Å². The van der Waals surface area contributed by atoms with Crippen molar-refractivity contribution in [2.75, 3.05) is 5.32 Å². The first-order valence-electron chi connectivity index (χ1n) is 9.85. The van der Waals surface area contributed by atoms with Crippen LogP contribution in [-0.2, 0) is 6.54 Å². The first-order chi connectivity index (χ1) is 14.2. The molecule has 5 aromatic rings. The molecule has 0 spiro atoms. The molecular weight excluding hydrogens is 362 g/mol. The molecule has 29 heavy (non-hydrogen) atoms. The molecule has 5 nitrogen and oxygen atoms in total. The number of hydrogen-bond acceptors (Lipinski definition) is 3. The number of carbonyl (C=O) groups is 1. The summed E-state index contributed by atoms with van der Waals surface area (Å²) in [6.45, 7) is 4.80. The Bertz CT molecular complexity index is 1380. The van der Waals surface area contributed by atoms with Crippen molar-refractivity contribution in [3.05, 3.63) is 72.0 Å². The first-order valence-corrected chi connectivity index (χ1v) is 9.85. The van der Waals surface area contributed by atoms with Crippen LogP contribution in [0.25, 0.3) is 32.8 Å². The first kappa shape index (κ1) is 17.5. The van der Waals surface area contributed by atoms with E-state index in [0.29, 0.717) is 11.7 Å². The van der Waals surface area contributed by atoms with Crippen molar-refractivity contribution < 1.29 is 9.21 Å². The molecule has 2 heterocycles. The Kier molecular flexibility index (Phi) is 4.09. The molecule has 0 unspecified atom stereocenters. The number of rotatable bonds is 4. The molecule has 1 N–H and O–H groups in total. The van der Waals surface area contributed by atoms with Gasteiger partial charge in [0.05, 0.1) is 11.0 Å². The van der Waals surface area contributed by atoms with Crippen molar-refractivity contribution >= 4 is 44.6 Å². The molecule has 5 rings (SSSR count). The second-order valence-corrected chi connectivity index (χ2v) is 7.25. The van der Waals surface area contributed by atoms with Gasteiger partial charge in [0.25, 0.3) is 5.91 Å². The topological polar surface area (TPSA) is 60.1 Å². The maximum atomic E-state index is 13.1. The number of nitrogens with zero attached hydrogens (tertiary/aromatic N) is 2. The summed E-state index contributed by atoms with van der Waals surface area (Å²) in [6.07, 6.45) is 0.943. The number of carbonyl (C=O) groups excluding carboxylic acids is 1. The minimum absolute atomic E-state index is 0.282. The summed E-state index contributed by atoms with van der Waals surface area (Å²) >= 11 is 0. The third kappa shape index (κ3) is 2.78. The molecule has 0 saturated carbocycles. The Balaban J connectivity index is 1.59. The lowest BCUT2D eigenvalue weighted by Gasteiger charge is -2.08. The van der Waals surface area contributed by atoms with E-state index in [-0.39, 0.29) is 5.91 Å². The predicted molar refractivity (Wildman–Crippen MR) is 116 cm³/mol. The van der Waals surface area contributed by atoms with Crippen LogP contribution in [0.4, 0.5) is 5.95 Å². The normalized spacial score (nSPS) is 11.5. The van der Waals surface area contributed by atoms with Gasteiger partial charge in [-0.05, 0) is 30.9 Å². The quantitative estimate of drug-likeness (QED) is 0.420. The molecule has 144 valence electrons. The number of aromatic nitrogens is 2. The third-order valence-corrected chi connectivity index (χ3v) is 5.36. The average Bonchev–Trinajstić information content (AvgIpc) is 3.26. The van der Waals surface area contributed by atoms with Crippen molar-refractivity contribution in [1.82, 2.24) is 9.55 Å². The molecule has 1 amide bonds. The van der Waals surface area contributed by atoms with Gasteiger partial charge in [-0.2, -0.15) is 0 Å². The van der Waals surface area contributed by atoms with Gasteiger partial charge in [-0.25, -0.2) is 4.98 Å². The highest BCUT2D eigenvalue weighted by Crippen LogP contribution is 2.32. The van der Waals surface area contributed by atoms with Crippen LogP contribution in [0.1, 0.15) is 29.5 Å². The molecule has 0 fully saturated rings. The lowest BCUT2D eigenvalue weighted by Crippen LogP contribution is -2.16. The molecule has 0 bridgehead atoms. The van der Waals surface area contributed by atoms with Crippen LogP contribution in [0, 0.1) is 6.92 Å². The maximum absolute atomic E-state index is 13.1. The van der Waals surface area contributed by atoms with E-state index in [4.69, 9.17) is 4.42 Å². The summed E-state index contributed by atoms with van der Waals surface area (Å²) in [5.41, 5.74) is 3.45. The summed E-state index contributed by atoms with van der Waals surface area (Å²) in [5, 5.41) is 6.02. The van der Waals surface area contributed by atoms with E-state index in [1.807, 2.05) is 66.1 Å². The number of benzene rings is 3. The highest BCUT2D eigenvalue weighted by atomic mass is 16.3. The van der Waals surface area contributed by atoms with Crippen molar-refractivity contribution in [3.63, 3.8) is 0 Å². The van der Waals surface area contributed by atoms with E-state index in [1.165, 1.54) is 0 Å². The molecule has 0 atom stereocenters. The minimum atomic E-state index is -0.282. The number of fused-ring (bicyclic) bond motifs is 4. The Morgan fingerprint density at radius 2 is 1.83 bits per heavy atom. The van der Waals surface area contributed by atoms with Gasteiger partial charge < -0.3 is 8.98 Å². The monoisotopic (exact) mass is 383 g/mol. The minimum Gasteiger partial charge on any atom is -0.450 e. The molecule has 0 aliphatic rings. The second kappa shape index (κ2) is 6.78. The van der Waals surface area contributed by atoms with Crippen LogP contribution in [-0.4, -0.2) is 15.5 Å². The van der Waals surface area contributed by atoms with Gasteiger partial charge in [0, 0.05) is 22.9 Å². The molecule has 3 aromatic carbocycles. The highest BCUT2D eigenvalue weighted by molar-refractivity contribution is 6.11. The Hall–Kier alpha value is -3.60. The summed E-state index contributed by atoms with van der Waals surface area (Å²) < 4.78 is 8.11. The van der Waals surface area contributed by atoms with Crippen LogP contribution in [0.5, 0.6) is 0 Å². The van der Waals surface area contributed by atoms with E-state index >= 15 is 0 Å². The Labute approximate surface area is 168 Å². The molecule has 0 saturated heterocycles. The third-order valence-electron chi connectivity index (χ3n) is 5.36. The van der Waals surface area contributed by atoms with E-state index in [2.05, 4.69) is 23.3 Å². The molecule has 0 radical (unpaired) electrons. The average molecular weight is 383 g/mol. The van der Waals surface area contributed by atoms with Gasteiger partial charge >= 0.3 is 0 Å². The number of anilines is 1. The fourth-order valence-electron chi connectivity index (χ4n) is 3.95. The smallest absolute Gasteiger partial charge is 0.294 e. The zero-order valence-electron chi connectivity index (χ0n) is 16.4. The molecule has 2 aromatic heterocycles. The zero-order chi connectivity index (χ0) is 20.0. The van der Waals surface area contributed by atoms with Gasteiger partial charge in [0.1, 0.15) is 5.58 Å². The van der Waals surface area contributed by atoms with Crippen LogP contribution in [0.2, 0.25) is 0 Å². The fourth-order valence-corrected chi connectivity index (χ4v) is 3.95. The largest absolute Gasteiger partial charge is 0.450 e. The van der Waals surface area contributed by atoms with Crippen molar-refractivity contribution in [2.24, 2.45) is 0 Å². The molecule has 0 aliphatic carbocycles. The van der Waals surface area contributed by atoms with Crippen LogP contribution >= 0.6 is 0 Å².